The third-order valence-electron chi connectivity index (χ3n) is 9.02. The Morgan fingerprint density at radius 3 is 2.58 bits per heavy atom. The number of anilines is 1. The number of imide groups is 1. The first-order chi connectivity index (χ1) is 18.4. The summed E-state index contributed by atoms with van der Waals surface area (Å²) in [4.78, 5) is 53.0. The minimum Gasteiger partial charge on any atom is -0.492 e. The lowest BCUT2D eigenvalue weighted by Gasteiger charge is -2.38. The predicted octanol–water partition coefficient (Wildman–Crippen LogP) is 2.26. The van der Waals surface area contributed by atoms with Gasteiger partial charge in [0.05, 0.1) is 13.2 Å². The first-order valence-electron chi connectivity index (χ1n) is 13.5. The smallest absolute Gasteiger partial charge is 0.255 e. The second kappa shape index (κ2) is 8.66. The van der Waals surface area contributed by atoms with E-state index in [1.807, 2.05) is 6.07 Å². The molecule has 4 amide bonds. The second-order valence-corrected chi connectivity index (χ2v) is 11.3. The van der Waals surface area contributed by atoms with E-state index in [1.165, 1.54) is 16.7 Å². The zero-order valence-corrected chi connectivity index (χ0v) is 21.2. The number of likely N-dealkylation sites (tertiary alicyclic amines) is 1. The number of hydrogen-bond acceptors (Lipinski definition) is 6. The van der Waals surface area contributed by atoms with Crippen LogP contribution in [0.3, 0.4) is 0 Å². The van der Waals surface area contributed by atoms with Gasteiger partial charge in [-0.3, -0.25) is 29.4 Å². The Bertz CT molecular complexity index is 1390. The molecule has 5 heterocycles. The molecule has 2 saturated heterocycles. The molecule has 0 radical (unpaired) electrons. The molecule has 2 N–H and O–H groups in total. The standard InChI is InChI=1S/C29H30N4O5/c34-24-7-3-18-2-1-17(13-22(18)30-24)14-32-11-9-29(10-12-32)16-38-26-20-15-33(23-6-8-25(35)31-27(23)36)28(37)19(20)4-5-21(26)29/h1-2,4-5,13,23H,3,6-12,14-16H2,(H,30,34)(H,31,35,36). The molecule has 2 aromatic carbocycles. The van der Waals surface area contributed by atoms with E-state index >= 15 is 0 Å². The largest absolute Gasteiger partial charge is 0.492 e. The van der Waals surface area contributed by atoms with Crippen LogP contribution in [0.4, 0.5) is 5.69 Å². The average molecular weight is 515 g/mol. The number of aryl methyl sites for hydroxylation is 1. The van der Waals surface area contributed by atoms with Crippen molar-refractivity contribution in [2.45, 2.75) is 63.1 Å². The number of rotatable bonds is 3. The highest BCUT2D eigenvalue weighted by Crippen LogP contribution is 2.49. The minimum atomic E-state index is -0.626. The molecule has 1 unspecified atom stereocenters. The summed E-state index contributed by atoms with van der Waals surface area (Å²) in [7, 11) is 0. The predicted molar refractivity (Wildman–Crippen MR) is 138 cm³/mol. The summed E-state index contributed by atoms with van der Waals surface area (Å²) in [6.45, 7) is 3.65. The highest BCUT2D eigenvalue weighted by atomic mass is 16.5. The molecule has 9 heteroatoms. The third kappa shape index (κ3) is 3.71. The molecule has 5 aliphatic rings. The molecule has 7 rings (SSSR count). The molecular weight excluding hydrogens is 484 g/mol. The second-order valence-electron chi connectivity index (χ2n) is 11.3. The molecular formula is C29H30N4O5. The summed E-state index contributed by atoms with van der Waals surface area (Å²) in [5.74, 6) is 0.0433. The Morgan fingerprint density at radius 1 is 0.947 bits per heavy atom. The van der Waals surface area contributed by atoms with Crippen molar-refractivity contribution in [2.75, 3.05) is 25.0 Å². The van der Waals surface area contributed by atoms with Crippen LogP contribution in [0.15, 0.2) is 30.3 Å². The highest BCUT2D eigenvalue weighted by molar-refractivity contribution is 6.05. The van der Waals surface area contributed by atoms with E-state index in [0.717, 1.165) is 55.9 Å². The van der Waals surface area contributed by atoms with Gasteiger partial charge in [0.1, 0.15) is 11.8 Å². The normalized spacial score (nSPS) is 24.0. The van der Waals surface area contributed by atoms with E-state index in [-0.39, 0.29) is 29.6 Å². The van der Waals surface area contributed by atoms with Gasteiger partial charge < -0.3 is 15.0 Å². The van der Waals surface area contributed by atoms with Crippen LogP contribution < -0.4 is 15.4 Å². The lowest BCUT2D eigenvalue weighted by molar-refractivity contribution is -0.137. The van der Waals surface area contributed by atoms with Crippen LogP contribution in [0.25, 0.3) is 0 Å². The Hall–Kier alpha value is -3.72. The van der Waals surface area contributed by atoms with E-state index in [4.69, 9.17) is 4.74 Å². The van der Waals surface area contributed by atoms with Gasteiger partial charge in [-0.15, -0.1) is 0 Å². The molecule has 38 heavy (non-hydrogen) atoms. The number of ether oxygens (including phenoxy) is 1. The number of piperidine rings is 2. The number of benzene rings is 2. The Morgan fingerprint density at radius 2 is 1.76 bits per heavy atom. The molecule has 0 bridgehead atoms. The third-order valence-corrected chi connectivity index (χ3v) is 9.02. The fraction of sp³-hybridized carbons (Fsp3) is 0.448. The van der Waals surface area contributed by atoms with Crippen LogP contribution in [0.2, 0.25) is 0 Å². The average Bonchev–Trinajstić information content (AvgIpc) is 3.43. The zero-order valence-electron chi connectivity index (χ0n) is 21.2. The molecule has 2 fully saturated rings. The van der Waals surface area contributed by atoms with Crippen LogP contribution in [0.1, 0.15) is 64.7 Å². The van der Waals surface area contributed by atoms with E-state index < -0.39 is 11.9 Å². The quantitative estimate of drug-likeness (QED) is 0.609. The Kier molecular flexibility index (Phi) is 5.33. The van der Waals surface area contributed by atoms with Crippen molar-refractivity contribution in [1.82, 2.24) is 15.1 Å². The number of amides is 4. The van der Waals surface area contributed by atoms with Crippen molar-refractivity contribution in [3.8, 4) is 5.75 Å². The van der Waals surface area contributed by atoms with Gasteiger partial charge in [-0.05, 0) is 62.0 Å². The lowest BCUT2D eigenvalue weighted by Crippen LogP contribution is -2.52. The number of nitrogens with zero attached hydrogens (tertiary/aromatic N) is 2. The van der Waals surface area contributed by atoms with Gasteiger partial charge >= 0.3 is 0 Å². The van der Waals surface area contributed by atoms with Crippen molar-refractivity contribution in [3.05, 3.63) is 58.1 Å². The number of fused-ring (bicyclic) bond motifs is 5. The molecule has 2 aromatic rings. The fourth-order valence-electron chi connectivity index (χ4n) is 6.81. The summed E-state index contributed by atoms with van der Waals surface area (Å²) in [5.41, 5.74) is 5.92. The van der Waals surface area contributed by atoms with Crippen LogP contribution in [0.5, 0.6) is 5.75 Å². The van der Waals surface area contributed by atoms with Gasteiger partial charge in [0.15, 0.2) is 0 Å². The van der Waals surface area contributed by atoms with Gasteiger partial charge in [-0.1, -0.05) is 18.2 Å². The van der Waals surface area contributed by atoms with Crippen molar-refractivity contribution in [3.63, 3.8) is 0 Å². The SMILES string of the molecule is O=C1CCC(N2Cc3c(ccc4c3OCC43CCN(Cc4ccc5c(c4)NC(=O)CC5)CC3)C2=O)C(=O)N1. The number of nitrogens with one attached hydrogen (secondary N) is 2. The monoisotopic (exact) mass is 514 g/mol. The molecule has 0 aliphatic carbocycles. The molecule has 9 nitrogen and oxygen atoms in total. The maximum absolute atomic E-state index is 13.2. The van der Waals surface area contributed by atoms with E-state index in [2.05, 4.69) is 39.8 Å². The van der Waals surface area contributed by atoms with Crippen molar-refractivity contribution in [1.29, 1.82) is 0 Å². The maximum atomic E-state index is 13.2. The summed E-state index contributed by atoms with van der Waals surface area (Å²) in [6, 6.07) is 9.74. The van der Waals surface area contributed by atoms with E-state index in [0.29, 0.717) is 31.6 Å². The molecule has 5 aliphatic heterocycles. The summed E-state index contributed by atoms with van der Waals surface area (Å²) in [6.07, 6.45) is 3.87. The summed E-state index contributed by atoms with van der Waals surface area (Å²) in [5, 5.41) is 5.37. The van der Waals surface area contributed by atoms with Crippen LogP contribution in [-0.2, 0) is 39.3 Å². The van der Waals surface area contributed by atoms with Crippen LogP contribution in [0, 0.1) is 0 Å². The topological polar surface area (TPSA) is 108 Å². The first kappa shape index (κ1) is 23.4. The summed E-state index contributed by atoms with van der Waals surface area (Å²) >= 11 is 0. The number of carbonyl (C=O) groups excluding carboxylic acids is 4. The maximum Gasteiger partial charge on any atom is 0.255 e. The fourth-order valence-corrected chi connectivity index (χ4v) is 6.81. The van der Waals surface area contributed by atoms with Gasteiger partial charge in [-0.25, -0.2) is 0 Å². The molecule has 0 aromatic heterocycles. The van der Waals surface area contributed by atoms with Crippen molar-refractivity contribution < 1.29 is 23.9 Å². The van der Waals surface area contributed by atoms with Gasteiger partial charge in [-0.2, -0.15) is 0 Å². The number of hydrogen-bond donors (Lipinski definition) is 2. The molecule has 1 spiro atoms. The van der Waals surface area contributed by atoms with Crippen LogP contribution in [-0.4, -0.2) is 59.2 Å². The lowest BCUT2D eigenvalue weighted by atomic mass is 9.74. The van der Waals surface area contributed by atoms with Gasteiger partial charge in [0.2, 0.25) is 17.7 Å². The minimum absolute atomic E-state index is 0.0736. The van der Waals surface area contributed by atoms with E-state index in [1.54, 1.807) is 4.90 Å². The van der Waals surface area contributed by atoms with E-state index in [9.17, 15) is 19.2 Å². The Labute approximate surface area is 220 Å². The molecule has 0 saturated carbocycles. The number of carbonyl (C=O) groups is 4. The van der Waals surface area contributed by atoms with Crippen molar-refractivity contribution in [2.24, 2.45) is 0 Å². The zero-order chi connectivity index (χ0) is 26.0. The first-order valence-corrected chi connectivity index (χ1v) is 13.5. The van der Waals surface area contributed by atoms with Crippen molar-refractivity contribution >= 4 is 29.3 Å². The summed E-state index contributed by atoms with van der Waals surface area (Å²) < 4.78 is 6.30. The highest BCUT2D eigenvalue weighted by Gasteiger charge is 2.47. The van der Waals surface area contributed by atoms with Crippen LogP contribution >= 0.6 is 0 Å². The molecule has 196 valence electrons. The van der Waals surface area contributed by atoms with Gasteiger partial charge in [0, 0.05) is 47.2 Å². The van der Waals surface area contributed by atoms with Gasteiger partial charge in [0.25, 0.3) is 5.91 Å². The Balaban J connectivity index is 1.06. The molecule has 1 atom stereocenters.